The fourth-order valence-electron chi connectivity index (χ4n) is 4.38. The van der Waals surface area contributed by atoms with Gasteiger partial charge >= 0.3 is 0 Å². The summed E-state index contributed by atoms with van der Waals surface area (Å²) in [6, 6.07) is 1.18. The molecule has 4 heteroatoms. The minimum Gasteiger partial charge on any atom is -0.385 e. The molecule has 0 aromatic rings. The predicted molar refractivity (Wildman–Crippen MR) is 78.5 cm³/mol. The zero-order valence-corrected chi connectivity index (χ0v) is 12.7. The molecule has 0 aromatic heterocycles. The molecule has 2 atom stereocenters. The van der Waals surface area contributed by atoms with E-state index in [0.29, 0.717) is 24.6 Å². The number of nitrogens with one attached hydrogen (secondary N) is 1. The van der Waals surface area contributed by atoms with E-state index < -0.39 is 0 Å². The van der Waals surface area contributed by atoms with Gasteiger partial charge in [0.15, 0.2) is 0 Å². The van der Waals surface area contributed by atoms with Gasteiger partial charge in [0.2, 0.25) is 5.91 Å². The Labute approximate surface area is 122 Å². The van der Waals surface area contributed by atoms with Crippen molar-refractivity contribution in [1.82, 2.24) is 10.2 Å². The van der Waals surface area contributed by atoms with Crippen molar-refractivity contribution in [1.29, 1.82) is 0 Å². The Kier molecular flexibility index (Phi) is 4.32. The Morgan fingerprint density at radius 3 is 2.75 bits per heavy atom. The van der Waals surface area contributed by atoms with Crippen molar-refractivity contribution < 1.29 is 9.53 Å². The smallest absolute Gasteiger partial charge is 0.228 e. The van der Waals surface area contributed by atoms with E-state index in [4.69, 9.17) is 4.74 Å². The highest BCUT2D eigenvalue weighted by molar-refractivity contribution is 5.83. The Bertz CT molecular complexity index is 352. The maximum absolute atomic E-state index is 13.1. The van der Waals surface area contributed by atoms with Crippen molar-refractivity contribution in [2.45, 2.75) is 63.5 Å². The number of likely N-dealkylation sites (tertiary alicyclic amines) is 1. The molecule has 2 unspecified atom stereocenters. The van der Waals surface area contributed by atoms with E-state index in [-0.39, 0.29) is 5.41 Å². The molecule has 2 heterocycles. The Morgan fingerprint density at radius 1 is 1.25 bits per heavy atom. The standard InChI is InChI=1S/C16H28N2O2/c1-20-11-9-16(7-2-3-8-16)15(19)18-10-6-13-4-5-14(12-18)17-13/h13-14,17H,2-12H2,1H3. The van der Waals surface area contributed by atoms with Crippen LogP contribution in [0.1, 0.15) is 51.4 Å². The molecule has 0 spiro atoms. The molecule has 20 heavy (non-hydrogen) atoms. The van der Waals surface area contributed by atoms with Gasteiger partial charge in [-0.05, 0) is 38.5 Å². The van der Waals surface area contributed by atoms with Crippen LogP contribution in [0.2, 0.25) is 0 Å². The van der Waals surface area contributed by atoms with E-state index in [1.807, 2.05) is 0 Å². The van der Waals surface area contributed by atoms with Gasteiger partial charge in [0.1, 0.15) is 0 Å². The third-order valence-electron chi connectivity index (χ3n) is 5.61. The summed E-state index contributed by atoms with van der Waals surface area (Å²) in [5.74, 6) is 0.418. The highest BCUT2D eigenvalue weighted by atomic mass is 16.5. The van der Waals surface area contributed by atoms with Crippen molar-refractivity contribution in [3.8, 4) is 0 Å². The van der Waals surface area contributed by atoms with E-state index >= 15 is 0 Å². The van der Waals surface area contributed by atoms with Crippen molar-refractivity contribution >= 4 is 5.91 Å². The molecule has 3 rings (SSSR count). The number of carbonyl (C=O) groups is 1. The van der Waals surface area contributed by atoms with Crippen LogP contribution in [0.15, 0.2) is 0 Å². The first kappa shape index (κ1) is 14.3. The topological polar surface area (TPSA) is 41.6 Å². The first-order valence-electron chi connectivity index (χ1n) is 8.28. The van der Waals surface area contributed by atoms with Gasteiger partial charge in [0.05, 0.1) is 5.41 Å². The number of rotatable bonds is 4. The van der Waals surface area contributed by atoms with Crippen LogP contribution in [0.4, 0.5) is 0 Å². The Morgan fingerprint density at radius 2 is 2.00 bits per heavy atom. The van der Waals surface area contributed by atoms with Crippen LogP contribution in [0.25, 0.3) is 0 Å². The highest BCUT2D eigenvalue weighted by Gasteiger charge is 2.44. The van der Waals surface area contributed by atoms with Gasteiger partial charge in [-0.3, -0.25) is 4.79 Å². The van der Waals surface area contributed by atoms with Crippen LogP contribution in [-0.2, 0) is 9.53 Å². The lowest BCUT2D eigenvalue weighted by molar-refractivity contribution is -0.143. The van der Waals surface area contributed by atoms with Gasteiger partial charge in [-0.25, -0.2) is 0 Å². The van der Waals surface area contributed by atoms with Crippen molar-refractivity contribution in [2.24, 2.45) is 5.41 Å². The van der Waals surface area contributed by atoms with Crippen molar-refractivity contribution in [3.63, 3.8) is 0 Å². The largest absolute Gasteiger partial charge is 0.385 e. The molecule has 0 radical (unpaired) electrons. The zero-order valence-electron chi connectivity index (χ0n) is 12.7. The zero-order chi connectivity index (χ0) is 14.0. The third kappa shape index (κ3) is 2.73. The van der Waals surface area contributed by atoms with Crippen LogP contribution >= 0.6 is 0 Å². The molecule has 3 fully saturated rings. The SMILES string of the molecule is COCCC1(C(=O)N2CCC3CCC(C2)N3)CCCC1. The predicted octanol–water partition coefficient (Wildman–Crippen LogP) is 1.94. The van der Waals surface area contributed by atoms with Gasteiger partial charge < -0.3 is 15.0 Å². The Balaban J connectivity index is 1.69. The van der Waals surface area contributed by atoms with Crippen LogP contribution < -0.4 is 5.32 Å². The van der Waals surface area contributed by atoms with Crippen LogP contribution in [-0.4, -0.2) is 49.7 Å². The number of methoxy groups -OCH3 is 1. The molecule has 1 amide bonds. The molecule has 3 aliphatic rings. The summed E-state index contributed by atoms with van der Waals surface area (Å²) in [5.41, 5.74) is -0.112. The second-order valence-electron chi connectivity index (χ2n) is 6.91. The van der Waals surface area contributed by atoms with Crippen molar-refractivity contribution in [2.75, 3.05) is 26.8 Å². The summed E-state index contributed by atoms with van der Waals surface area (Å²) in [5, 5.41) is 3.67. The normalized spacial score (nSPS) is 32.4. The van der Waals surface area contributed by atoms with E-state index in [0.717, 1.165) is 38.8 Å². The van der Waals surface area contributed by atoms with Gasteiger partial charge in [-0.2, -0.15) is 0 Å². The molecule has 0 aromatic carbocycles. The minimum atomic E-state index is -0.112. The molecular formula is C16H28N2O2. The van der Waals surface area contributed by atoms with Crippen LogP contribution in [0.5, 0.6) is 0 Å². The van der Waals surface area contributed by atoms with Gasteiger partial charge in [0, 0.05) is 38.9 Å². The lowest BCUT2D eigenvalue weighted by Gasteiger charge is -2.35. The number of hydrogen-bond donors (Lipinski definition) is 1. The van der Waals surface area contributed by atoms with Gasteiger partial charge in [0.25, 0.3) is 0 Å². The third-order valence-corrected chi connectivity index (χ3v) is 5.61. The summed E-state index contributed by atoms with van der Waals surface area (Å²) in [6.07, 6.45) is 9.09. The fourth-order valence-corrected chi connectivity index (χ4v) is 4.38. The summed E-state index contributed by atoms with van der Waals surface area (Å²) in [4.78, 5) is 15.3. The average molecular weight is 280 g/mol. The molecular weight excluding hydrogens is 252 g/mol. The number of nitrogens with zero attached hydrogens (tertiary/aromatic N) is 1. The van der Waals surface area contributed by atoms with Gasteiger partial charge in [-0.1, -0.05) is 12.8 Å². The lowest BCUT2D eigenvalue weighted by atomic mass is 9.81. The fraction of sp³-hybridized carbons (Fsp3) is 0.938. The molecule has 114 valence electrons. The second-order valence-corrected chi connectivity index (χ2v) is 6.91. The first-order valence-corrected chi connectivity index (χ1v) is 8.28. The maximum atomic E-state index is 13.1. The summed E-state index contributed by atoms with van der Waals surface area (Å²) < 4.78 is 5.26. The molecule has 1 saturated carbocycles. The van der Waals surface area contributed by atoms with Gasteiger partial charge in [-0.15, -0.1) is 0 Å². The first-order chi connectivity index (χ1) is 9.73. The quantitative estimate of drug-likeness (QED) is 0.855. The Hall–Kier alpha value is -0.610. The molecule has 2 aliphatic heterocycles. The average Bonchev–Trinajstić information content (AvgIpc) is 3.04. The molecule has 2 saturated heterocycles. The van der Waals surface area contributed by atoms with E-state index in [9.17, 15) is 4.79 Å². The summed E-state index contributed by atoms with van der Waals surface area (Å²) in [6.45, 7) is 2.58. The number of fused-ring (bicyclic) bond motifs is 2. The number of ether oxygens (including phenoxy) is 1. The molecule has 2 bridgehead atoms. The highest BCUT2D eigenvalue weighted by Crippen LogP contribution is 2.43. The second kappa shape index (κ2) is 6.02. The minimum absolute atomic E-state index is 0.112. The summed E-state index contributed by atoms with van der Waals surface area (Å²) in [7, 11) is 1.74. The van der Waals surface area contributed by atoms with E-state index in [1.165, 1.54) is 25.7 Å². The van der Waals surface area contributed by atoms with Crippen LogP contribution in [0, 0.1) is 5.41 Å². The van der Waals surface area contributed by atoms with E-state index in [1.54, 1.807) is 7.11 Å². The number of amides is 1. The molecule has 4 nitrogen and oxygen atoms in total. The maximum Gasteiger partial charge on any atom is 0.228 e. The summed E-state index contributed by atoms with van der Waals surface area (Å²) >= 11 is 0. The van der Waals surface area contributed by atoms with Crippen molar-refractivity contribution in [3.05, 3.63) is 0 Å². The number of carbonyl (C=O) groups excluding carboxylic acids is 1. The van der Waals surface area contributed by atoms with Crippen LogP contribution in [0.3, 0.4) is 0 Å². The van der Waals surface area contributed by atoms with E-state index in [2.05, 4.69) is 10.2 Å². The number of hydrogen-bond acceptors (Lipinski definition) is 3. The lowest BCUT2D eigenvalue weighted by Crippen LogP contribution is -2.46. The molecule has 1 N–H and O–H groups in total. The monoisotopic (exact) mass is 280 g/mol. The molecule has 1 aliphatic carbocycles.